The van der Waals surface area contributed by atoms with Crippen LogP contribution in [-0.2, 0) is 9.59 Å². The van der Waals surface area contributed by atoms with Gasteiger partial charge in [0, 0.05) is 24.8 Å². The molecule has 1 aliphatic heterocycles. The van der Waals surface area contributed by atoms with Crippen LogP contribution in [0.5, 0.6) is 0 Å². The average Bonchev–Trinajstić information content (AvgIpc) is 2.81. The van der Waals surface area contributed by atoms with Gasteiger partial charge in [-0.1, -0.05) is 6.07 Å². The summed E-state index contributed by atoms with van der Waals surface area (Å²) in [7, 11) is 0. The molecule has 1 aromatic rings. The van der Waals surface area contributed by atoms with E-state index in [0.717, 1.165) is 24.2 Å². The highest BCUT2D eigenvalue weighted by Crippen LogP contribution is 2.28. The van der Waals surface area contributed by atoms with Crippen molar-refractivity contribution in [3.8, 4) is 0 Å². The minimum atomic E-state index is -0.365. The lowest BCUT2D eigenvalue weighted by Gasteiger charge is -2.22. The summed E-state index contributed by atoms with van der Waals surface area (Å²) in [5, 5.41) is 8.91. The van der Waals surface area contributed by atoms with Crippen LogP contribution >= 0.6 is 12.4 Å². The fourth-order valence-corrected chi connectivity index (χ4v) is 2.32. The Morgan fingerprint density at radius 3 is 2.57 bits per heavy atom. The van der Waals surface area contributed by atoms with Crippen molar-refractivity contribution in [3.63, 3.8) is 0 Å². The molecule has 1 saturated heterocycles. The fraction of sp³-hybridized carbons (Fsp3) is 0.467. The Labute approximate surface area is 131 Å². The topological polar surface area (TPSA) is 70.2 Å². The SMILES string of the molecule is CC(=O)Nc1ccc(C)c(NC(=O)C2(C)CCNC2)c1.Cl. The Bertz CT molecular complexity index is 540. The van der Waals surface area contributed by atoms with Gasteiger partial charge < -0.3 is 16.0 Å². The predicted octanol–water partition coefficient (Wildman–Crippen LogP) is 2.31. The summed E-state index contributed by atoms with van der Waals surface area (Å²) in [4.78, 5) is 23.5. The van der Waals surface area contributed by atoms with Crippen molar-refractivity contribution in [2.75, 3.05) is 23.7 Å². The van der Waals surface area contributed by atoms with Crippen LogP contribution < -0.4 is 16.0 Å². The number of carbonyl (C=O) groups excluding carboxylic acids is 2. The van der Waals surface area contributed by atoms with Crippen LogP contribution in [0, 0.1) is 12.3 Å². The molecular weight excluding hydrogens is 290 g/mol. The molecule has 1 unspecified atom stereocenters. The molecule has 2 amide bonds. The van der Waals surface area contributed by atoms with E-state index in [2.05, 4.69) is 16.0 Å². The van der Waals surface area contributed by atoms with Gasteiger partial charge >= 0.3 is 0 Å². The van der Waals surface area contributed by atoms with Crippen LogP contribution in [0.15, 0.2) is 18.2 Å². The molecule has 1 aliphatic rings. The lowest BCUT2D eigenvalue weighted by Crippen LogP contribution is -2.35. The van der Waals surface area contributed by atoms with Crippen LogP contribution in [0.1, 0.15) is 25.8 Å². The Morgan fingerprint density at radius 2 is 2.00 bits per heavy atom. The number of nitrogens with one attached hydrogen (secondary N) is 3. The summed E-state index contributed by atoms with van der Waals surface area (Å²) in [6.45, 7) is 6.93. The van der Waals surface area contributed by atoms with Crippen LogP contribution in [-0.4, -0.2) is 24.9 Å². The molecule has 1 heterocycles. The highest BCUT2D eigenvalue weighted by atomic mass is 35.5. The van der Waals surface area contributed by atoms with Crippen molar-refractivity contribution >= 4 is 35.6 Å². The Kier molecular flexibility index (Phi) is 5.75. The summed E-state index contributed by atoms with van der Waals surface area (Å²) >= 11 is 0. The first-order chi connectivity index (χ1) is 9.40. The standard InChI is InChI=1S/C15H21N3O2.ClH/c1-10-4-5-12(17-11(2)19)8-13(10)18-14(20)15(3)6-7-16-9-15;/h4-5,8,16H,6-7,9H2,1-3H3,(H,17,19)(H,18,20);1H. The minimum absolute atomic E-state index is 0. The Balaban J connectivity index is 0.00000220. The molecule has 0 spiro atoms. The van der Waals surface area contributed by atoms with Crippen molar-refractivity contribution in [1.82, 2.24) is 5.32 Å². The van der Waals surface area contributed by atoms with E-state index < -0.39 is 0 Å². The van der Waals surface area contributed by atoms with Gasteiger partial charge in [-0.05, 0) is 44.5 Å². The second kappa shape index (κ2) is 6.91. The van der Waals surface area contributed by atoms with Gasteiger partial charge in [0.05, 0.1) is 5.41 Å². The maximum Gasteiger partial charge on any atom is 0.231 e. The van der Waals surface area contributed by atoms with Gasteiger partial charge in [0.15, 0.2) is 0 Å². The number of hydrogen-bond donors (Lipinski definition) is 3. The number of hydrogen-bond acceptors (Lipinski definition) is 3. The summed E-state index contributed by atoms with van der Waals surface area (Å²) in [6, 6.07) is 5.50. The summed E-state index contributed by atoms with van der Waals surface area (Å²) in [5.41, 5.74) is 2.04. The summed E-state index contributed by atoms with van der Waals surface area (Å²) < 4.78 is 0. The maximum absolute atomic E-state index is 12.4. The van der Waals surface area contributed by atoms with Gasteiger partial charge in [0.2, 0.25) is 11.8 Å². The van der Waals surface area contributed by atoms with Gasteiger partial charge in [-0.2, -0.15) is 0 Å². The smallest absolute Gasteiger partial charge is 0.231 e. The highest BCUT2D eigenvalue weighted by Gasteiger charge is 2.36. The molecule has 0 radical (unpaired) electrons. The van der Waals surface area contributed by atoms with E-state index in [1.165, 1.54) is 6.92 Å². The summed E-state index contributed by atoms with van der Waals surface area (Å²) in [5.74, 6) is -0.108. The van der Waals surface area contributed by atoms with E-state index in [9.17, 15) is 9.59 Å². The zero-order chi connectivity index (χ0) is 14.8. The molecule has 0 aromatic heterocycles. The van der Waals surface area contributed by atoms with Crippen LogP contribution in [0.4, 0.5) is 11.4 Å². The normalized spacial score (nSPS) is 20.5. The number of benzene rings is 1. The Morgan fingerprint density at radius 1 is 1.29 bits per heavy atom. The number of rotatable bonds is 3. The molecule has 0 saturated carbocycles. The molecule has 5 nitrogen and oxygen atoms in total. The fourth-order valence-electron chi connectivity index (χ4n) is 2.32. The molecule has 2 rings (SSSR count). The first-order valence-corrected chi connectivity index (χ1v) is 6.81. The van der Waals surface area contributed by atoms with E-state index in [0.29, 0.717) is 12.2 Å². The average molecular weight is 312 g/mol. The molecule has 116 valence electrons. The lowest BCUT2D eigenvalue weighted by molar-refractivity contribution is -0.123. The van der Waals surface area contributed by atoms with Gasteiger partial charge in [0.1, 0.15) is 0 Å². The van der Waals surface area contributed by atoms with Crippen molar-refractivity contribution in [2.24, 2.45) is 5.41 Å². The quantitative estimate of drug-likeness (QED) is 0.802. The second-order valence-electron chi connectivity index (χ2n) is 5.65. The van der Waals surface area contributed by atoms with Crippen molar-refractivity contribution < 1.29 is 9.59 Å². The Hall–Kier alpha value is -1.59. The number of aryl methyl sites for hydroxylation is 1. The number of anilines is 2. The van der Waals surface area contributed by atoms with Gasteiger partial charge in [-0.3, -0.25) is 9.59 Å². The first kappa shape index (κ1) is 17.5. The molecule has 1 fully saturated rings. The van der Waals surface area contributed by atoms with Crippen molar-refractivity contribution in [2.45, 2.75) is 27.2 Å². The third-order valence-corrected chi connectivity index (χ3v) is 3.72. The largest absolute Gasteiger partial charge is 0.326 e. The predicted molar refractivity (Wildman–Crippen MR) is 87.0 cm³/mol. The van der Waals surface area contributed by atoms with E-state index in [1.54, 1.807) is 6.07 Å². The lowest BCUT2D eigenvalue weighted by atomic mass is 9.88. The van der Waals surface area contributed by atoms with E-state index in [4.69, 9.17) is 0 Å². The zero-order valence-electron chi connectivity index (χ0n) is 12.6. The van der Waals surface area contributed by atoms with Crippen molar-refractivity contribution in [3.05, 3.63) is 23.8 Å². The van der Waals surface area contributed by atoms with E-state index in [1.807, 2.05) is 26.0 Å². The molecule has 1 atom stereocenters. The van der Waals surface area contributed by atoms with Gasteiger partial charge in [-0.25, -0.2) is 0 Å². The summed E-state index contributed by atoms with van der Waals surface area (Å²) in [6.07, 6.45) is 0.837. The molecular formula is C15H22ClN3O2. The molecule has 0 aliphatic carbocycles. The third kappa shape index (κ3) is 4.19. The van der Waals surface area contributed by atoms with Gasteiger partial charge in [-0.15, -0.1) is 12.4 Å². The molecule has 6 heteroatoms. The van der Waals surface area contributed by atoms with Crippen molar-refractivity contribution in [1.29, 1.82) is 0 Å². The number of amides is 2. The third-order valence-electron chi connectivity index (χ3n) is 3.72. The molecule has 3 N–H and O–H groups in total. The van der Waals surface area contributed by atoms with E-state index >= 15 is 0 Å². The minimum Gasteiger partial charge on any atom is -0.326 e. The second-order valence-corrected chi connectivity index (χ2v) is 5.65. The highest BCUT2D eigenvalue weighted by molar-refractivity contribution is 5.97. The number of halogens is 1. The maximum atomic E-state index is 12.4. The van der Waals surface area contributed by atoms with Gasteiger partial charge in [0.25, 0.3) is 0 Å². The molecule has 0 bridgehead atoms. The monoisotopic (exact) mass is 311 g/mol. The first-order valence-electron chi connectivity index (χ1n) is 6.81. The van der Waals surface area contributed by atoms with E-state index in [-0.39, 0.29) is 29.6 Å². The van der Waals surface area contributed by atoms with Crippen LogP contribution in [0.25, 0.3) is 0 Å². The number of carbonyl (C=O) groups is 2. The van der Waals surface area contributed by atoms with Crippen LogP contribution in [0.2, 0.25) is 0 Å². The van der Waals surface area contributed by atoms with Crippen LogP contribution in [0.3, 0.4) is 0 Å². The molecule has 21 heavy (non-hydrogen) atoms. The molecule has 1 aromatic carbocycles. The zero-order valence-corrected chi connectivity index (χ0v) is 13.4.